The molecule has 0 N–H and O–H groups in total. The van der Waals surface area contributed by atoms with Crippen LogP contribution in [0.3, 0.4) is 0 Å². The monoisotopic (exact) mass is 296 g/mol. The smallest absolute Gasteiger partial charge is 0.436 e. The van der Waals surface area contributed by atoms with E-state index in [4.69, 9.17) is 11.6 Å². The molecule has 0 bridgehead atoms. The normalized spacial score (nSPS) is 15.6. The number of rotatable bonds is 4. The number of aromatic nitrogens is 2. The molecule has 4 nitrogen and oxygen atoms in total. The Morgan fingerprint density at radius 1 is 1.53 bits per heavy atom. The lowest BCUT2D eigenvalue weighted by atomic mass is 10.2. The fraction of sp³-hybridized carbons (Fsp3) is 0.636. The number of nitrogens with zero attached hydrogens (tertiary/aromatic N) is 2. The lowest BCUT2D eigenvalue weighted by Gasteiger charge is -2.05. The molecule has 2 rings (SSSR count). The maximum atomic E-state index is 12.7. The van der Waals surface area contributed by atoms with E-state index in [2.05, 4.69) is 9.84 Å². The van der Waals surface area contributed by atoms with Crippen LogP contribution in [0, 0.1) is 0 Å². The maximum absolute atomic E-state index is 12.7. The molecule has 1 saturated carbocycles. The molecule has 0 spiro atoms. The highest BCUT2D eigenvalue weighted by Gasteiger charge is 2.41. The topological polar surface area (TPSA) is 44.1 Å². The molecule has 0 aromatic carbocycles. The van der Waals surface area contributed by atoms with Crippen molar-refractivity contribution in [1.29, 1.82) is 0 Å². The number of halogens is 4. The Hall–Kier alpha value is -1.24. The molecular weight excluding hydrogens is 285 g/mol. The van der Waals surface area contributed by atoms with Gasteiger partial charge in [-0.15, -0.1) is 0 Å². The van der Waals surface area contributed by atoms with Crippen molar-refractivity contribution < 1.29 is 22.7 Å². The van der Waals surface area contributed by atoms with Crippen molar-refractivity contribution in [3.05, 3.63) is 16.4 Å². The molecule has 19 heavy (non-hydrogen) atoms. The number of carbonyl (C=O) groups excluding carboxylic acids is 1. The Balaban J connectivity index is 2.28. The van der Waals surface area contributed by atoms with Crippen LogP contribution in [-0.4, -0.2) is 22.9 Å². The van der Waals surface area contributed by atoms with Crippen molar-refractivity contribution >= 4 is 17.6 Å². The molecule has 0 saturated heterocycles. The molecule has 0 atom stereocenters. The molecule has 1 aromatic rings. The summed E-state index contributed by atoms with van der Waals surface area (Å²) >= 11 is 5.78. The summed E-state index contributed by atoms with van der Waals surface area (Å²) in [6.07, 6.45) is -3.04. The third-order valence-electron chi connectivity index (χ3n) is 2.92. The predicted molar refractivity (Wildman–Crippen MR) is 60.8 cm³/mol. The Kier molecular flexibility index (Phi) is 3.75. The second-order valence-corrected chi connectivity index (χ2v) is 4.75. The Bertz CT molecular complexity index is 495. The first-order chi connectivity index (χ1) is 8.84. The first kappa shape index (κ1) is 14.2. The fourth-order valence-electron chi connectivity index (χ4n) is 1.85. The third kappa shape index (κ3) is 3.02. The zero-order valence-corrected chi connectivity index (χ0v) is 10.9. The summed E-state index contributed by atoms with van der Waals surface area (Å²) in [4.78, 5) is 11.1. The number of ether oxygens (including phenoxy) is 1. The van der Waals surface area contributed by atoms with E-state index in [-0.39, 0.29) is 23.9 Å². The Morgan fingerprint density at radius 2 is 2.16 bits per heavy atom. The molecule has 1 heterocycles. The van der Waals surface area contributed by atoms with Crippen LogP contribution in [0.5, 0.6) is 0 Å². The van der Waals surface area contributed by atoms with Gasteiger partial charge in [-0.1, -0.05) is 11.6 Å². The SMILES string of the molecule is COC(=O)CCn1nc(C(F)(F)F)c(Cl)c1C1CC1. The lowest BCUT2D eigenvalue weighted by molar-refractivity contribution is -0.141. The Morgan fingerprint density at radius 3 is 2.63 bits per heavy atom. The van der Waals surface area contributed by atoms with Crippen molar-refractivity contribution in [1.82, 2.24) is 9.78 Å². The minimum atomic E-state index is -4.59. The van der Waals surface area contributed by atoms with Gasteiger partial charge in [-0.3, -0.25) is 9.48 Å². The van der Waals surface area contributed by atoms with Crippen molar-refractivity contribution in [2.75, 3.05) is 7.11 Å². The van der Waals surface area contributed by atoms with Gasteiger partial charge in [0.15, 0.2) is 5.69 Å². The summed E-state index contributed by atoms with van der Waals surface area (Å²) in [5, 5.41) is 3.15. The second kappa shape index (κ2) is 5.03. The highest BCUT2D eigenvalue weighted by atomic mass is 35.5. The molecule has 0 unspecified atom stereocenters. The number of hydrogen-bond donors (Lipinski definition) is 0. The van der Waals surface area contributed by atoms with E-state index in [0.717, 1.165) is 12.8 Å². The van der Waals surface area contributed by atoms with Crippen LogP contribution in [0.1, 0.15) is 36.6 Å². The van der Waals surface area contributed by atoms with E-state index in [1.54, 1.807) is 0 Å². The minimum absolute atomic E-state index is 0.00810. The molecular formula is C11H12ClF3N2O2. The summed E-state index contributed by atoms with van der Waals surface area (Å²) < 4.78 is 43.9. The van der Waals surface area contributed by atoms with E-state index in [9.17, 15) is 18.0 Å². The standard InChI is InChI=1S/C11H12ClF3N2O2/c1-19-7(18)4-5-17-9(6-2-3-6)8(12)10(16-17)11(13,14)15/h6H,2-5H2,1H3. The number of hydrogen-bond acceptors (Lipinski definition) is 3. The van der Waals surface area contributed by atoms with Crippen LogP contribution in [0.15, 0.2) is 0 Å². The van der Waals surface area contributed by atoms with Crippen LogP contribution < -0.4 is 0 Å². The first-order valence-corrected chi connectivity index (χ1v) is 6.12. The molecule has 8 heteroatoms. The molecule has 1 aliphatic rings. The number of carbonyl (C=O) groups is 1. The molecule has 0 amide bonds. The van der Waals surface area contributed by atoms with Gasteiger partial charge in [0, 0.05) is 5.92 Å². The fourth-order valence-corrected chi connectivity index (χ4v) is 2.25. The molecule has 1 aromatic heterocycles. The summed E-state index contributed by atoms with van der Waals surface area (Å²) in [5.41, 5.74) is -0.709. The quantitative estimate of drug-likeness (QED) is 0.802. The number of aryl methyl sites for hydroxylation is 1. The number of alkyl halides is 3. The van der Waals surface area contributed by atoms with Crippen LogP contribution in [0.4, 0.5) is 13.2 Å². The van der Waals surface area contributed by atoms with Crippen LogP contribution in [-0.2, 0) is 22.3 Å². The molecule has 1 aliphatic carbocycles. The highest BCUT2D eigenvalue weighted by molar-refractivity contribution is 6.32. The average molecular weight is 297 g/mol. The number of methoxy groups -OCH3 is 1. The van der Waals surface area contributed by atoms with Gasteiger partial charge in [0.1, 0.15) is 0 Å². The zero-order chi connectivity index (χ0) is 14.2. The number of esters is 1. The maximum Gasteiger partial charge on any atom is 0.436 e. The van der Waals surface area contributed by atoms with Gasteiger partial charge in [-0.2, -0.15) is 18.3 Å². The van der Waals surface area contributed by atoms with E-state index in [0.29, 0.717) is 5.69 Å². The lowest BCUT2D eigenvalue weighted by Crippen LogP contribution is -2.12. The average Bonchev–Trinajstić information content (AvgIpc) is 3.09. The largest absolute Gasteiger partial charge is 0.469 e. The van der Waals surface area contributed by atoms with E-state index >= 15 is 0 Å². The third-order valence-corrected chi connectivity index (χ3v) is 3.29. The van der Waals surface area contributed by atoms with Crippen molar-refractivity contribution in [3.8, 4) is 0 Å². The van der Waals surface area contributed by atoms with Gasteiger partial charge in [0.2, 0.25) is 0 Å². The van der Waals surface area contributed by atoms with Crippen molar-refractivity contribution in [3.63, 3.8) is 0 Å². The van der Waals surface area contributed by atoms with Gasteiger partial charge in [0.25, 0.3) is 0 Å². The summed E-state index contributed by atoms with van der Waals surface area (Å²) in [7, 11) is 1.22. The molecule has 0 radical (unpaired) electrons. The highest BCUT2D eigenvalue weighted by Crippen LogP contribution is 2.46. The van der Waals surface area contributed by atoms with Gasteiger partial charge in [-0.25, -0.2) is 0 Å². The van der Waals surface area contributed by atoms with Gasteiger partial charge >= 0.3 is 12.1 Å². The predicted octanol–water partition coefficient (Wildman–Crippen LogP) is 3.00. The zero-order valence-electron chi connectivity index (χ0n) is 10.1. The van der Waals surface area contributed by atoms with E-state index in [1.807, 2.05) is 0 Å². The molecule has 1 fully saturated rings. The van der Waals surface area contributed by atoms with Gasteiger partial charge < -0.3 is 4.74 Å². The minimum Gasteiger partial charge on any atom is -0.469 e. The van der Waals surface area contributed by atoms with Gasteiger partial charge in [0.05, 0.1) is 30.8 Å². The van der Waals surface area contributed by atoms with E-state index < -0.39 is 17.8 Å². The second-order valence-electron chi connectivity index (χ2n) is 4.37. The first-order valence-electron chi connectivity index (χ1n) is 5.74. The van der Waals surface area contributed by atoms with E-state index in [1.165, 1.54) is 11.8 Å². The summed E-state index contributed by atoms with van der Waals surface area (Å²) in [6.45, 7) is 0.0360. The van der Waals surface area contributed by atoms with Crippen LogP contribution >= 0.6 is 11.6 Å². The Labute approximate surface area is 112 Å². The van der Waals surface area contributed by atoms with Crippen LogP contribution in [0.25, 0.3) is 0 Å². The van der Waals surface area contributed by atoms with Crippen LogP contribution in [0.2, 0.25) is 5.02 Å². The summed E-state index contributed by atoms with van der Waals surface area (Å²) in [6, 6.07) is 0. The van der Waals surface area contributed by atoms with Crippen molar-refractivity contribution in [2.45, 2.75) is 37.9 Å². The summed E-state index contributed by atoms with van der Waals surface area (Å²) in [5.74, 6) is -0.490. The van der Waals surface area contributed by atoms with Gasteiger partial charge in [-0.05, 0) is 12.8 Å². The molecule has 106 valence electrons. The van der Waals surface area contributed by atoms with Crippen molar-refractivity contribution in [2.24, 2.45) is 0 Å². The molecule has 0 aliphatic heterocycles.